The van der Waals surface area contributed by atoms with E-state index in [1.54, 1.807) is 0 Å². The van der Waals surface area contributed by atoms with Crippen LogP contribution in [0.1, 0.15) is 58.3 Å². The van der Waals surface area contributed by atoms with Crippen molar-refractivity contribution in [3.8, 4) is 0 Å². The molecule has 3 heteroatoms. The molecule has 0 aromatic rings. The van der Waals surface area contributed by atoms with Gasteiger partial charge < -0.3 is 10.0 Å². The Labute approximate surface area is 105 Å². The molecule has 1 saturated heterocycles. The first-order valence-corrected chi connectivity index (χ1v) is 7.19. The van der Waals surface area contributed by atoms with Crippen molar-refractivity contribution in [2.24, 2.45) is 5.92 Å². The molecule has 0 saturated carbocycles. The van der Waals surface area contributed by atoms with Crippen LogP contribution in [0.2, 0.25) is 0 Å². The minimum Gasteiger partial charge on any atom is -0.481 e. The molecule has 0 spiro atoms. The van der Waals surface area contributed by atoms with Crippen molar-refractivity contribution in [2.45, 2.75) is 58.3 Å². The van der Waals surface area contributed by atoms with E-state index in [2.05, 4.69) is 11.8 Å². The molecule has 1 unspecified atom stereocenters. The normalized spacial score (nSPS) is 21.6. The number of unbranched alkanes of at least 4 members (excludes halogenated alkanes) is 5. The van der Waals surface area contributed by atoms with E-state index in [1.165, 1.54) is 38.5 Å². The van der Waals surface area contributed by atoms with Crippen LogP contribution in [0.4, 0.5) is 0 Å². The van der Waals surface area contributed by atoms with Crippen LogP contribution < -0.4 is 0 Å². The molecule has 0 aromatic heterocycles. The van der Waals surface area contributed by atoms with E-state index >= 15 is 0 Å². The Balaban J connectivity index is 2.04. The van der Waals surface area contributed by atoms with Crippen LogP contribution >= 0.6 is 0 Å². The highest BCUT2D eigenvalue weighted by Crippen LogP contribution is 2.17. The van der Waals surface area contributed by atoms with Gasteiger partial charge in [0.2, 0.25) is 0 Å². The average molecular weight is 241 g/mol. The molecule has 3 nitrogen and oxygen atoms in total. The Morgan fingerprint density at radius 2 is 1.94 bits per heavy atom. The van der Waals surface area contributed by atoms with Gasteiger partial charge in [0.15, 0.2) is 0 Å². The summed E-state index contributed by atoms with van der Waals surface area (Å²) in [6.07, 6.45) is 9.79. The number of carboxylic acid groups (broad SMARTS) is 1. The number of aliphatic carboxylic acids is 1. The first-order chi connectivity index (χ1) is 8.24. The third kappa shape index (κ3) is 6.06. The van der Waals surface area contributed by atoms with Crippen LogP contribution in [0.5, 0.6) is 0 Å². The van der Waals surface area contributed by atoms with Gasteiger partial charge in [-0.1, -0.05) is 39.0 Å². The number of likely N-dealkylation sites (tertiary alicyclic amines) is 1. The maximum Gasteiger partial charge on any atom is 0.307 e. The summed E-state index contributed by atoms with van der Waals surface area (Å²) in [5, 5.41) is 9.00. The lowest BCUT2D eigenvalue weighted by molar-refractivity contribution is -0.143. The molecule has 0 aromatic carbocycles. The van der Waals surface area contributed by atoms with Crippen LogP contribution in [-0.2, 0) is 4.79 Å². The minimum absolute atomic E-state index is 0.121. The fraction of sp³-hybridized carbons (Fsp3) is 0.929. The largest absolute Gasteiger partial charge is 0.481 e. The van der Waals surface area contributed by atoms with Gasteiger partial charge in [-0.3, -0.25) is 4.79 Å². The predicted octanol–water partition coefficient (Wildman–Crippen LogP) is 3.14. The van der Waals surface area contributed by atoms with Crippen molar-refractivity contribution < 1.29 is 9.90 Å². The second-order valence-electron chi connectivity index (χ2n) is 5.25. The molecule has 100 valence electrons. The van der Waals surface area contributed by atoms with Gasteiger partial charge in [0.1, 0.15) is 0 Å². The zero-order valence-electron chi connectivity index (χ0n) is 11.2. The quantitative estimate of drug-likeness (QED) is 0.664. The van der Waals surface area contributed by atoms with Crippen molar-refractivity contribution in [1.82, 2.24) is 4.90 Å². The van der Waals surface area contributed by atoms with Crippen LogP contribution in [0, 0.1) is 5.92 Å². The number of hydrogen-bond donors (Lipinski definition) is 1. The third-order valence-corrected chi connectivity index (χ3v) is 3.68. The molecule has 0 aliphatic carbocycles. The van der Waals surface area contributed by atoms with Gasteiger partial charge in [-0.2, -0.15) is 0 Å². The Hall–Kier alpha value is -0.570. The zero-order chi connectivity index (χ0) is 12.5. The molecule has 1 rings (SSSR count). The summed E-state index contributed by atoms with van der Waals surface area (Å²) in [4.78, 5) is 13.3. The molecule has 1 aliphatic heterocycles. The van der Waals surface area contributed by atoms with E-state index in [4.69, 9.17) is 5.11 Å². The van der Waals surface area contributed by atoms with Crippen LogP contribution in [0.3, 0.4) is 0 Å². The molecular formula is C14H27NO2. The van der Waals surface area contributed by atoms with E-state index in [-0.39, 0.29) is 5.92 Å². The summed E-state index contributed by atoms with van der Waals surface area (Å²) in [5.74, 6) is -0.735. The van der Waals surface area contributed by atoms with Crippen molar-refractivity contribution in [3.05, 3.63) is 0 Å². The first-order valence-electron chi connectivity index (χ1n) is 7.19. The summed E-state index contributed by atoms with van der Waals surface area (Å²) >= 11 is 0. The smallest absolute Gasteiger partial charge is 0.307 e. The van der Waals surface area contributed by atoms with E-state index in [0.29, 0.717) is 0 Å². The lowest BCUT2D eigenvalue weighted by atomic mass is 9.98. The molecule has 1 fully saturated rings. The second-order valence-corrected chi connectivity index (χ2v) is 5.25. The van der Waals surface area contributed by atoms with Gasteiger partial charge in [0, 0.05) is 6.54 Å². The van der Waals surface area contributed by atoms with Crippen LogP contribution in [0.25, 0.3) is 0 Å². The van der Waals surface area contributed by atoms with Gasteiger partial charge in [-0.15, -0.1) is 0 Å². The third-order valence-electron chi connectivity index (χ3n) is 3.68. The monoisotopic (exact) mass is 241 g/mol. The standard InChI is InChI=1S/C14H27NO2/c1-2-3-4-5-6-7-10-15-11-8-9-13(12-15)14(16)17/h13H,2-12H2,1H3,(H,16,17). The van der Waals surface area contributed by atoms with Gasteiger partial charge in [-0.05, 0) is 32.4 Å². The van der Waals surface area contributed by atoms with Crippen molar-refractivity contribution in [2.75, 3.05) is 19.6 Å². The molecular weight excluding hydrogens is 214 g/mol. The Morgan fingerprint density at radius 3 is 2.65 bits per heavy atom. The maximum atomic E-state index is 10.9. The molecule has 1 N–H and O–H groups in total. The first kappa shape index (κ1) is 14.5. The van der Waals surface area contributed by atoms with Gasteiger partial charge in [-0.25, -0.2) is 0 Å². The highest BCUT2D eigenvalue weighted by molar-refractivity contribution is 5.70. The predicted molar refractivity (Wildman–Crippen MR) is 70.2 cm³/mol. The number of carboxylic acids is 1. The highest BCUT2D eigenvalue weighted by Gasteiger charge is 2.24. The van der Waals surface area contributed by atoms with Gasteiger partial charge in [0.05, 0.1) is 5.92 Å². The number of hydrogen-bond acceptors (Lipinski definition) is 2. The van der Waals surface area contributed by atoms with Gasteiger partial charge in [0.25, 0.3) is 0 Å². The molecule has 17 heavy (non-hydrogen) atoms. The summed E-state index contributed by atoms with van der Waals surface area (Å²) < 4.78 is 0. The van der Waals surface area contributed by atoms with E-state index in [9.17, 15) is 4.79 Å². The SMILES string of the molecule is CCCCCCCCN1CCCC(C(=O)O)C1. The van der Waals surface area contributed by atoms with Crippen molar-refractivity contribution >= 4 is 5.97 Å². The second kappa shape index (κ2) is 8.51. The maximum absolute atomic E-state index is 10.9. The Bertz CT molecular complexity index is 218. The number of piperidine rings is 1. The highest BCUT2D eigenvalue weighted by atomic mass is 16.4. The molecule has 1 aliphatic rings. The fourth-order valence-corrected chi connectivity index (χ4v) is 2.58. The molecule has 0 amide bonds. The number of carbonyl (C=O) groups is 1. The average Bonchev–Trinajstić information content (AvgIpc) is 2.34. The zero-order valence-corrected chi connectivity index (χ0v) is 11.2. The van der Waals surface area contributed by atoms with Gasteiger partial charge >= 0.3 is 5.97 Å². The summed E-state index contributed by atoms with van der Waals surface area (Å²) in [5.41, 5.74) is 0. The minimum atomic E-state index is -0.613. The van der Waals surface area contributed by atoms with Crippen LogP contribution in [0.15, 0.2) is 0 Å². The van der Waals surface area contributed by atoms with E-state index in [1.807, 2.05) is 0 Å². The molecule has 0 bridgehead atoms. The Kier molecular flexibility index (Phi) is 7.25. The fourth-order valence-electron chi connectivity index (χ4n) is 2.58. The van der Waals surface area contributed by atoms with Crippen molar-refractivity contribution in [1.29, 1.82) is 0 Å². The molecule has 1 atom stereocenters. The topological polar surface area (TPSA) is 40.5 Å². The molecule has 1 heterocycles. The summed E-state index contributed by atoms with van der Waals surface area (Å²) in [6.45, 7) is 5.19. The summed E-state index contributed by atoms with van der Waals surface area (Å²) in [7, 11) is 0. The Morgan fingerprint density at radius 1 is 1.24 bits per heavy atom. The number of nitrogens with zero attached hydrogens (tertiary/aromatic N) is 1. The summed E-state index contributed by atoms with van der Waals surface area (Å²) in [6, 6.07) is 0. The number of rotatable bonds is 8. The lowest BCUT2D eigenvalue weighted by Crippen LogP contribution is -2.39. The lowest BCUT2D eigenvalue weighted by Gasteiger charge is -2.30. The van der Waals surface area contributed by atoms with Crippen molar-refractivity contribution in [3.63, 3.8) is 0 Å². The van der Waals surface area contributed by atoms with Crippen LogP contribution in [-0.4, -0.2) is 35.6 Å². The van der Waals surface area contributed by atoms with E-state index < -0.39 is 5.97 Å². The molecule has 0 radical (unpaired) electrons. The van der Waals surface area contributed by atoms with E-state index in [0.717, 1.165) is 32.5 Å².